The average molecular weight is 225 g/mol. The van der Waals surface area contributed by atoms with E-state index in [0.717, 1.165) is 18.0 Å². The molecule has 1 aromatic rings. The summed E-state index contributed by atoms with van der Waals surface area (Å²) in [5.74, 6) is 1.09. The first-order chi connectivity index (χ1) is 7.09. The van der Waals surface area contributed by atoms with Gasteiger partial charge in [-0.1, -0.05) is 0 Å². The lowest BCUT2D eigenvalue weighted by Crippen LogP contribution is -2.14. The lowest BCUT2D eigenvalue weighted by atomic mass is 10.2. The van der Waals surface area contributed by atoms with Crippen LogP contribution in [0.5, 0.6) is 0 Å². The lowest BCUT2D eigenvalue weighted by molar-refractivity contribution is 0.437. The number of nitrogens with zero attached hydrogens (tertiary/aromatic N) is 2. The van der Waals surface area contributed by atoms with E-state index in [-0.39, 0.29) is 6.04 Å². The molecule has 0 aliphatic heterocycles. The average Bonchev–Trinajstić information content (AvgIpc) is 2.18. The van der Waals surface area contributed by atoms with E-state index in [9.17, 15) is 0 Å². The second-order valence-corrected chi connectivity index (χ2v) is 5.03. The van der Waals surface area contributed by atoms with Gasteiger partial charge in [-0.2, -0.15) is 0 Å². The van der Waals surface area contributed by atoms with E-state index >= 15 is 0 Å². The predicted molar refractivity (Wildman–Crippen MR) is 66.1 cm³/mol. The van der Waals surface area contributed by atoms with E-state index in [2.05, 4.69) is 30.0 Å². The van der Waals surface area contributed by atoms with Gasteiger partial charge in [0.25, 0.3) is 0 Å². The van der Waals surface area contributed by atoms with Crippen LogP contribution in [0.25, 0.3) is 0 Å². The van der Waals surface area contributed by atoms with E-state index in [1.165, 1.54) is 4.90 Å². The molecule has 4 heteroatoms. The Morgan fingerprint density at radius 1 is 1.47 bits per heavy atom. The van der Waals surface area contributed by atoms with Crippen molar-refractivity contribution in [1.29, 1.82) is 0 Å². The number of aromatic nitrogens is 1. The molecular weight excluding hydrogens is 206 g/mol. The van der Waals surface area contributed by atoms with Crippen molar-refractivity contribution in [2.45, 2.75) is 17.9 Å². The number of rotatable bonds is 5. The molecule has 15 heavy (non-hydrogen) atoms. The Kier molecular flexibility index (Phi) is 5.08. The Morgan fingerprint density at radius 3 is 2.67 bits per heavy atom. The zero-order valence-electron chi connectivity index (χ0n) is 9.60. The number of hydrogen-bond donors (Lipinski definition) is 1. The molecule has 0 aliphatic carbocycles. The summed E-state index contributed by atoms with van der Waals surface area (Å²) in [5, 5.41) is 0. The molecule has 0 aliphatic rings. The summed E-state index contributed by atoms with van der Waals surface area (Å²) in [6.07, 6.45) is 1.90. The van der Waals surface area contributed by atoms with Crippen LogP contribution >= 0.6 is 11.8 Å². The minimum atomic E-state index is 0.0193. The predicted octanol–water partition coefficient (Wildman–Crippen LogP) is 1.76. The fraction of sp³-hybridized carbons (Fsp3) is 0.545. The highest BCUT2D eigenvalue weighted by Crippen LogP contribution is 2.17. The molecule has 1 atom stereocenters. The third-order valence-electron chi connectivity index (χ3n) is 2.03. The molecular formula is C11H19N3S. The van der Waals surface area contributed by atoms with Gasteiger partial charge in [-0.15, -0.1) is 11.8 Å². The zero-order valence-corrected chi connectivity index (χ0v) is 10.4. The Bertz CT molecular complexity index is 282. The Labute approximate surface area is 96.1 Å². The van der Waals surface area contributed by atoms with E-state index < -0.39 is 0 Å². The third kappa shape index (κ3) is 4.64. The first-order valence-electron chi connectivity index (χ1n) is 5.08. The molecule has 1 aromatic heterocycles. The van der Waals surface area contributed by atoms with E-state index in [0.29, 0.717) is 0 Å². The number of thioether (sulfide) groups is 1. The zero-order chi connectivity index (χ0) is 11.3. The van der Waals surface area contributed by atoms with E-state index in [1.54, 1.807) is 0 Å². The van der Waals surface area contributed by atoms with Crippen LogP contribution in [-0.2, 0) is 0 Å². The van der Waals surface area contributed by atoms with Gasteiger partial charge in [-0.25, -0.2) is 0 Å². The first kappa shape index (κ1) is 12.5. The van der Waals surface area contributed by atoms with Crippen LogP contribution < -0.4 is 5.73 Å². The molecule has 1 unspecified atom stereocenters. The highest BCUT2D eigenvalue weighted by molar-refractivity contribution is 7.99. The number of nitrogens with two attached hydrogens (primary N) is 1. The van der Waals surface area contributed by atoms with Gasteiger partial charge in [0, 0.05) is 29.4 Å². The first-order valence-corrected chi connectivity index (χ1v) is 6.07. The quantitative estimate of drug-likeness (QED) is 0.775. The maximum absolute atomic E-state index is 5.73. The third-order valence-corrected chi connectivity index (χ3v) is 2.99. The van der Waals surface area contributed by atoms with Gasteiger partial charge < -0.3 is 10.6 Å². The smallest absolute Gasteiger partial charge is 0.0569 e. The normalized spacial score (nSPS) is 13.1. The molecule has 84 valence electrons. The van der Waals surface area contributed by atoms with Gasteiger partial charge >= 0.3 is 0 Å². The molecule has 0 saturated heterocycles. The highest BCUT2D eigenvalue weighted by atomic mass is 32.2. The van der Waals surface area contributed by atoms with Crippen LogP contribution in [0.1, 0.15) is 18.7 Å². The second-order valence-electron chi connectivity index (χ2n) is 3.86. The van der Waals surface area contributed by atoms with E-state index in [1.807, 2.05) is 30.9 Å². The summed E-state index contributed by atoms with van der Waals surface area (Å²) < 4.78 is 0. The maximum atomic E-state index is 5.73. The molecule has 3 nitrogen and oxygen atoms in total. The molecule has 0 spiro atoms. The molecule has 1 rings (SSSR count). The van der Waals surface area contributed by atoms with Crippen molar-refractivity contribution in [2.75, 3.05) is 26.4 Å². The van der Waals surface area contributed by atoms with Crippen molar-refractivity contribution in [3.8, 4) is 0 Å². The van der Waals surface area contributed by atoms with Gasteiger partial charge in [-0.3, -0.25) is 4.98 Å². The lowest BCUT2D eigenvalue weighted by Gasteiger charge is -2.09. The van der Waals surface area contributed by atoms with Crippen LogP contribution in [0.4, 0.5) is 0 Å². The van der Waals surface area contributed by atoms with Gasteiger partial charge in [0.2, 0.25) is 0 Å². The molecule has 0 fully saturated rings. The molecule has 0 radical (unpaired) electrons. The Hall–Kier alpha value is -0.580. The molecule has 0 amide bonds. The maximum Gasteiger partial charge on any atom is 0.0569 e. The van der Waals surface area contributed by atoms with Gasteiger partial charge in [-0.05, 0) is 33.2 Å². The SMILES string of the molecule is CC(N)c1ccc(SCCN(C)C)cn1. The largest absolute Gasteiger partial charge is 0.323 e. The summed E-state index contributed by atoms with van der Waals surface area (Å²) in [4.78, 5) is 7.70. The monoisotopic (exact) mass is 225 g/mol. The molecule has 0 aromatic carbocycles. The van der Waals surface area contributed by atoms with Crippen molar-refractivity contribution in [3.63, 3.8) is 0 Å². The minimum Gasteiger partial charge on any atom is -0.323 e. The van der Waals surface area contributed by atoms with Crippen LogP contribution in [0.2, 0.25) is 0 Å². The summed E-state index contributed by atoms with van der Waals surface area (Å²) in [7, 11) is 4.16. The van der Waals surface area contributed by atoms with Crippen molar-refractivity contribution in [1.82, 2.24) is 9.88 Å². The second kappa shape index (κ2) is 6.10. The molecule has 2 N–H and O–H groups in total. The standard InChI is InChI=1S/C11H19N3S/c1-9(12)11-5-4-10(8-13-11)15-7-6-14(2)3/h4-5,8-9H,6-7,12H2,1-3H3. The highest BCUT2D eigenvalue weighted by Gasteiger charge is 2.01. The van der Waals surface area contributed by atoms with Crippen molar-refractivity contribution >= 4 is 11.8 Å². The summed E-state index contributed by atoms with van der Waals surface area (Å²) in [6, 6.07) is 4.11. The molecule has 0 bridgehead atoms. The Balaban J connectivity index is 2.43. The van der Waals surface area contributed by atoms with Gasteiger partial charge in [0.1, 0.15) is 0 Å². The van der Waals surface area contributed by atoms with Crippen LogP contribution in [-0.4, -0.2) is 36.3 Å². The van der Waals surface area contributed by atoms with E-state index in [4.69, 9.17) is 5.73 Å². The van der Waals surface area contributed by atoms with Crippen LogP contribution in [0.15, 0.2) is 23.2 Å². The topological polar surface area (TPSA) is 42.1 Å². The van der Waals surface area contributed by atoms with Crippen molar-refractivity contribution in [3.05, 3.63) is 24.0 Å². The summed E-state index contributed by atoms with van der Waals surface area (Å²) in [6.45, 7) is 3.03. The fourth-order valence-electron chi connectivity index (χ4n) is 1.09. The number of pyridine rings is 1. The van der Waals surface area contributed by atoms with Crippen LogP contribution in [0.3, 0.4) is 0 Å². The summed E-state index contributed by atoms with van der Waals surface area (Å²) in [5.41, 5.74) is 6.68. The van der Waals surface area contributed by atoms with Crippen LogP contribution in [0, 0.1) is 0 Å². The van der Waals surface area contributed by atoms with Crippen molar-refractivity contribution in [2.24, 2.45) is 5.73 Å². The molecule has 0 saturated carbocycles. The van der Waals surface area contributed by atoms with Crippen molar-refractivity contribution < 1.29 is 0 Å². The fourth-order valence-corrected chi connectivity index (χ4v) is 2.08. The Morgan fingerprint density at radius 2 is 2.20 bits per heavy atom. The molecule has 1 heterocycles. The summed E-state index contributed by atoms with van der Waals surface area (Å²) >= 11 is 1.82. The van der Waals surface area contributed by atoms with Gasteiger partial charge in [0.05, 0.1) is 5.69 Å². The van der Waals surface area contributed by atoms with Gasteiger partial charge in [0.15, 0.2) is 0 Å². The minimum absolute atomic E-state index is 0.0193. The number of hydrogen-bond acceptors (Lipinski definition) is 4.